The first kappa shape index (κ1) is 19.0. The van der Waals surface area contributed by atoms with Gasteiger partial charge in [-0.15, -0.1) is 0 Å². The van der Waals surface area contributed by atoms with Gasteiger partial charge in [0, 0.05) is 5.56 Å². The molecule has 144 valence electrons. The molecule has 3 aromatic rings. The molecule has 0 amide bonds. The van der Waals surface area contributed by atoms with E-state index in [1.807, 2.05) is 42.5 Å². The van der Waals surface area contributed by atoms with Crippen molar-refractivity contribution < 1.29 is 18.9 Å². The van der Waals surface area contributed by atoms with Crippen molar-refractivity contribution in [1.82, 2.24) is 9.97 Å². The lowest BCUT2D eigenvalue weighted by Crippen LogP contribution is -1.99. The maximum absolute atomic E-state index is 5.81. The van der Waals surface area contributed by atoms with Gasteiger partial charge in [0.1, 0.15) is 11.5 Å². The second kappa shape index (κ2) is 9.22. The third-order valence-corrected chi connectivity index (χ3v) is 3.68. The Hall–Kier alpha value is -3.81. The Kier molecular flexibility index (Phi) is 6.25. The van der Waals surface area contributed by atoms with Crippen LogP contribution in [0.4, 0.5) is 5.69 Å². The van der Waals surface area contributed by atoms with Crippen molar-refractivity contribution in [3.05, 3.63) is 60.2 Å². The van der Waals surface area contributed by atoms with Crippen LogP contribution in [0.5, 0.6) is 29.3 Å². The summed E-state index contributed by atoms with van der Waals surface area (Å²) in [5.41, 5.74) is 4.53. The van der Waals surface area contributed by atoms with E-state index in [0.29, 0.717) is 17.5 Å². The van der Waals surface area contributed by atoms with Gasteiger partial charge in [0.05, 0.1) is 39.3 Å². The van der Waals surface area contributed by atoms with E-state index in [1.165, 1.54) is 14.2 Å². The molecule has 0 aliphatic carbocycles. The van der Waals surface area contributed by atoms with E-state index in [-0.39, 0.29) is 6.01 Å². The molecule has 0 saturated heterocycles. The quantitative estimate of drug-likeness (QED) is 0.470. The molecule has 3 rings (SSSR count). The highest BCUT2D eigenvalue weighted by molar-refractivity contribution is 5.84. The molecule has 0 radical (unpaired) electrons. The summed E-state index contributed by atoms with van der Waals surface area (Å²) in [6.45, 7) is 0. The summed E-state index contributed by atoms with van der Waals surface area (Å²) in [6, 6.07) is 16.5. The minimum absolute atomic E-state index is 0.111. The van der Waals surface area contributed by atoms with Gasteiger partial charge in [-0.1, -0.05) is 12.1 Å². The zero-order valence-electron chi connectivity index (χ0n) is 15.7. The van der Waals surface area contributed by atoms with Crippen LogP contribution in [0.3, 0.4) is 0 Å². The fourth-order valence-corrected chi connectivity index (χ4v) is 2.26. The summed E-state index contributed by atoms with van der Waals surface area (Å²) in [7, 11) is 4.65. The van der Waals surface area contributed by atoms with Crippen molar-refractivity contribution in [3.8, 4) is 29.3 Å². The first-order chi connectivity index (χ1) is 13.7. The van der Waals surface area contributed by atoms with E-state index >= 15 is 0 Å². The first-order valence-electron chi connectivity index (χ1n) is 8.39. The van der Waals surface area contributed by atoms with Gasteiger partial charge in [-0.05, 0) is 36.4 Å². The summed E-state index contributed by atoms with van der Waals surface area (Å²) in [5, 5.41) is 4.25. The molecule has 2 aromatic carbocycles. The highest BCUT2D eigenvalue weighted by Crippen LogP contribution is 2.25. The molecule has 0 saturated carbocycles. The molecule has 0 aliphatic rings. The molecule has 0 aliphatic heterocycles. The van der Waals surface area contributed by atoms with Crippen molar-refractivity contribution in [3.63, 3.8) is 0 Å². The number of nitrogens with one attached hydrogen (secondary N) is 1. The Morgan fingerprint density at radius 2 is 1.54 bits per heavy atom. The Morgan fingerprint density at radius 1 is 0.857 bits per heavy atom. The second-order valence-electron chi connectivity index (χ2n) is 5.47. The number of aromatic nitrogens is 2. The minimum atomic E-state index is 0.111. The summed E-state index contributed by atoms with van der Waals surface area (Å²) in [6.07, 6.45) is 1.65. The molecule has 0 spiro atoms. The molecule has 1 heterocycles. The van der Waals surface area contributed by atoms with Crippen molar-refractivity contribution in [2.75, 3.05) is 26.8 Å². The molecule has 0 fully saturated rings. The molecule has 0 bridgehead atoms. The number of rotatable bonds is 8. The van der Waals surface area contributed by atoms with Crippen LogP contribution in [0.1, 0.15) is 5.56 Å². The standard InChI is InChI=1S/C20H20N4O4/c1-25-16-10-8-15(9-11-16)24-21-13-14-6-4-5-7-17(14)28-20-22-18(26-2)12-19(23-20)27-3/h4-13,24H,1-3H3/b21-13+. The zero-order valence-corrected chi connectivity index (χ0v) is 15.7. The number of anilines is 1. The summed E-state index contributed by atoms with van der Waals surface area (Å²) in [5.74, 6) is 2.00. The number of methoxy groups -OCH3 is 3. The average molecular weight is 380 g/mol. The Balaban J connectivity index is 1.75. The average Bonchev–Trinajstić information content (AvgIpc) is 2.75. The van der Waals surface area contributed by atoms with Crippen LogP contribution in [0, 0.1) is 0 Å². The SMILES string of the molecule is COc1ccc(N/N=C/c2ccccc2Oc2nc(OC)cc(OC)n2)cc1. The molecule has 1 N–H and O–H groups in total. The largest absolute Gasteiger partial charge is 0.497 e. The molecular weight excluding hydrogens is 360 g/mol. The molecule has 1 aromatic heterocycles. The van der Waals surface area contributed by atoms with Gasteiger partial charge in [-0.3, -0.25) is 5.43 Å². The fraction of sp³-hybridized carbons (Fsp3) is 0.150. The van der Waals surface area contributed by atoms with Crippen molar-refractivity contribution in [2.45, 2.75) is 0 Å². The Labute approximate surface area is 162 Å². The Bertz CT molecular complexity index is 923. The molecule has 28 heavy (non-hydrogen) atoms. The molecular formula is C20H20N4O4. The summed E-state index contributed by atoms with van der Waals surface area (Å²) < 4.78 is 21.2. The van der Waals surface area contributed by atoms with Crippen LogP contribution in [0.2, 0.25) is 0 Å². The van der Waals surface area contributed by atoms with E-state index in [1.54, 1.807) is 25.5 Å². The van der Waals surface area contributed by atoms with Gasteiger partial charge in [-0.2, -0.15) is 15.1 Å². The highest BCUT2D eigenvalue weighted by atomic mass is 16.5. The maximum Gasteiger partial charge on any atom is 0.328 e. The van der Waals surface area contributed by atoms with Gasteiger partial charge in [0.2, 0.25) is 11.8 Å². The molecule has 0 atom stereocenters. The molecule has 8 heteroatoms. The first-order valence-corrected chi connectivity index (χ1v) is 8.39. The predicted molar refractivity (Wildman–Crippen MR) is 106 cm³/mol. The van der Waals surface area contributed by atoms with Crippen LogP contribution < -0.4 is 24.4 Å². The van der Waals surface area contributed by atoms with Crippen LogP contribution in [0.25, 0.3) is 0 Å². The highest BCUT2D eigenvalue weighted by Gasteiger charge is 2.09. The van der Waals surface area contributed by atoms with Crippen LogP contribution >= 0.6 is 0 Å². The smallest absolute Gasteiger partial charge is 0.328 e. The van der Waals surface area contributed by atoms with Gasteiger partial charge in [0.25, 0.3) is 0 Å². The number of nitrogens with zero attached hydrogens (tertiary/aromatic N) is 3. The number of para-hydroxylation sites is 1. The monoisotopic (exact) mass is 380 g/mol. The van der Waals surface area contributed by atoms with E-state index in [4.69, 9.17) is 18.9 Å². The van der Waals surface area contributed by atoms with Crippen LogP contribution in [-0.4, -0.2) is 37.5 Å². The van der Waals surface area contributed by atoms with Crippen molar-refractivity contribution in [2.24, 2.45) is 5.10 Å². The number of hydrogen-bond acceptors (Lipinski definition) is 8. The zero-order chi connectivity index (χ0) is 19.8. The predicted octanol–water partition coefficient (Wildman–Crippen LogP) is 3.74. The summed E-state index contributed by atoms with van der Waals surface area (Å²) in [4.78, 5) is 8.35. The third-order valence-electron chi connectivity index (χ3n) is 3.68. The van der Waals surface area contributed by atoms with Crippen molar-refractivity contribution >= 4 is 11.9 Å². The van der Waals surface area contributed by atoms with Gasteiger partial charge in [-0.25, -0.2) is 0 Å². The lowest BCUT2D eigenvalue weighted by Gasteiger charge is -2.09. The number of benzene rings is 2. The lowest BCUT2D eigenvalue weighted by molar-refractivity contribution is 0.348. The van der Waals surface area contributed by atoms with E-state index in [0.717, 1.165) is 17.0 Å². The minimum Gasteiger partial charge on any atom is -0.497 e. The van der Waals surface area contributed by atoms with E-state index in [9.17, 15) is 0 Å². The number of ether oxygens (including phenoxy) is 4. The third kappa shape index (κ3) is 4.88. The molecule has 8 nitrogen and oxygen atoms in total. The van der Waals surface area contributed by atoms with Gasteiger partial charge in [0.15, 0.2) is 0 Å². The second-order valence-corrected chi connectivity index (χ2v) is 5.47. The van der Waals surface area contributed by atoms with Crippen molar-refractivity contribution in [1.29, 1.82) is 0 Å². The normalized spacial score (nSPS) is 10.5. The topological polar surface area (TPSA) is 87.1 Å². The van der Waals surface area contributed by atoms with Gasteiger partial charge >= 0.3 is 6.01 Å². The Morgan fingerprint density at radius 3 is 2.18 bits per heavy atom. The van der Waals surface area contributed by atoms with Crippen LogP contribution in [-0.2, 0) is 0 Å². The maximum atomic E-state index is 5.81. The van der Waals surface area contributed by atoms with E-state index < -0.39 is 0 Å². The fourth-order valence-electron chi connectivity index (χ4n) is 2.26. The number of hydrogen-bond donors (Lipinski definition) is 1. The van der Waals surface area contributed by atoms with Gasteiger partial charge < -0.3 is 18.9 Å². The number of hydrazone groups is 1. The summed E-state index contributed by atoms with van der Waals surface area (Å²) >= 11 is 0. The van der Waals surface area contributed by atoms with E-state index in [2.05, 4.69) is 20.5 Å². The molecule has 0 unspecified atom stereocenters. The van der Waals surface area contributed by atoms with Crippen LogP contribution in [0.15, 0.2) is 59.7 Å². The lowest BCUT2D eigenvalue weighted by atomic mass is 10.2.